The molecular formula is C18H14F3NO5S. The van der Waals surface area contributed by atoms with Gasteiger partial charge in [0.2, 0.25) is 0 Å². The molecule has 0 bridgehead atoms. The van der Waals surface area contributed by atoms with Crippen molar-refractivity contribution in [3.05, 3.63) is 54.2 Å². The van der Waals surface area contributed by atoms with Crippen LogP contribution in [0.5, 0.6) is 0 Å². The van der Waals surface area contributed by atoms with Crippen LogP contribution in [0.3, 0.4) is 0 Å². The van der Waals surface area contributed by atoms with Crippen LogP contribution in [0.4, 0.5) is 13.2 Å². The summed E-state index contributed by atoms with van der Waals surface area (Å²) in [7, 11) is -3.45. The molecule has 6 nitrogen and oxygen atoms in total. The van der Waals surface area contributed by atoms with Crippen LogP contribution in [0.15, 0.2) is 58.0 Å². The van der Waals surface area contributed by atoms with Crippen molar-refractivity contribution in [1.82, 2.24) is 4.57 Å². The molecule has 0 unspecified atom stereocenters. The molecule has 0 amide bonds. The molecule has 2 heterocycles. The number of sulfone groups is 1. The number of benzene rings is 1. The predicted molar refractivity (Wildman–Crippen MR) is 93.3 cm³/mol. The monoisotopic (exact) mass is 413 g/mol. The maximum Gasteiger partial charge on any atom is 0.417 e. The molecule has 0 saturated carbocycles. The SMILES string of the molecule is CS(=O)(=O)c1cccc(-c2ccc(-c3cc(C(F)(F)F)cn3CC(=O)O)o2)c1. The Kier molecular flexibility index (Phi) is 4.84. The van der Waals surface area contributed by atoms with Gasteiger partial charge in [0.1, 0.15) is 12.3 Å². The summed E-state index contributed by atoms with van der Waals surface area (Å²) in [6, 6.07) is 9.58. The summed E-state index contributed by atoms with van der Waals surface area (Å²) in [6.07, 6.45) is -2.88. The quantitative estimate of drug-likeness (QED) is 0.685. The Hall–Kier alpha value is -3.01. The van der Waals surface area contributed by atoms with Gasteiger partial charge in [0, 0.05) is 18.0 Å². The third kappa shape index (κ3) is 4.11. The molecule has 0 spiro atoms. The van der Waals surface area contributed by atoms with Crippen molar-refractivity contribution in [3.63, 3.8) is 0 Å². The van der Waals surface area contributed by atoms with E-state index in [9.17, 15) is 26.4 Å². The summed E-state index contributed by atoms with van der Waals surface area (Å²) in [5, 5.41) is 8.95. The van der Waals surface area contributed by atoms with Crippen molar-refractivity contribution < 1.29 is 35.9 Å². The Morgan fingerprint density at radius 3 is 2.43 bits per heavy atom. The molecular weight excluding hydrogens is 399 g/mol. The van der Waals surface area contributed by atoms with Crippen LogP contribution in [0.1, 0.15) is 5.56 Å². The summed E-state index contributed by atoms with van der Waals surface area (Å²) in [6.45, 7) is -0.676. The fourth-order valence-electron chi connectivity index (χ4n) is 2.66. The molecule has 0 aliphatic rings. The van der Waals surface area contributed by atoms with E-state index in [1.54, 1.807) is 6.07 Å². The van der Waals surface area contributed by atoms with E-state index >= 15 is 0 Å². The number of rotatable bonds is 5. The molecule has 0 saturated heterocycles. The van der Waals surface area contributed by atoms with E-state index in [1.165, 1.54) is 30.3 Å². The second-order valence-corrected chi connectivity index (χ2v) is 8.11. The minimum Gasteiger partial charge on any atom is -0.480 e. The maximum absolute atomic E-state index is 13.0. The highest BCUT2D eigenvalue weighted by Crippen LogP contribution is 2.36. The average molecular weight is 413 g/mol. The first-order chi connectivity index (χ1) is 12.9. The lowest BCUT2D eigenvalue weighted by Gasteiger charge is -2.04. The molecule has 1 aromatic carbocycles. The lowest BCUT2D eigenvalue weighted by molar-refractivity contribution is -0.139. The molecule has 3 aromatic rings. The van der Waals surface area contributed by atoms with Gasteiger partial charge < -0.3 is 14.1 Å². The van der Waals surface area contributed by atoms with Crippen LogP contribution in [-0.4, -0.2) is 30.3 Å². The minimum absolute atomic E-state index is 0.0245. The largest absolute Gasteiger partial charge is 0.480 e. The molecule has 10 heteroatoms. The molecule has 0 radical (unpaired) electrons. The second-order valence-electron chi connectivity index (χ2n) is 6.10. The van der Waals surface area contributed by atoms with E-state index in [0.29, 0.717) is 11.8 Å². The van der Waals surface area contributed by atoms with Gasteiger partial charge in [-0.15, -0.1) is 0 Å². The van der Waals surface area contributed by atoms with Gasteiger partial charge in [0.25, 0.3) is 0 Å². The third-order valence-corrected chi connectivity index (χ3v) is 5.04. The third-order valence-electron chi connectivity index (χ3n) is 3.93. The number of carboxylic acids is 1. The van der Waals surface area contributed by atoms with E-state index in [4.69, 9.17) is 9.52 Å². The summed E-state index contributed by atoms with van der Waals surface area (Å²) in [5.74, 6) is -1.05. The van der Waals surface area contributed by atoms with Crippen LogP contribution in [0, 0.1) is 0 Å². The van der Waals surface area contributed by atoms with Crippen molar-refractivity contribution in [2.75, 3.05) is 6.26 Å². The first kappa shape index (κ1) is 19.7. The number of aromatic nitrogens is 1. The molecule has 28 heavy (non-hydrogen) atoms. The summed E-state index contributed by atoms with van der Waals surface area (Å²) in [4.78, 5) is 11.0. The molecule has 0 aliphatic carbocycles. The van der Waals surface area contributed by atoms with Gasteiger partial charge in [-0.1, -0.05) is 12.1 Å². The number of aliphatic carboxylic acids is 1. The Morgan fingerprint density at radius 1 is 1.14 bits per heavy atom. The smallest absolute Gasteiger partial charge is 0.417 e. The fraction of sp³-hybridized carbons (Fsp3) is 0.167. The van der Waals surface area contributed by atoms with Gasteiger partial charge >= 0.3 is 12.1 Å². The molecule has 148 valence electrons. The number of furan rings is 1. The number of hydrogen-bond acceptors (Lipinski definition) is 4. The Labute approximate surface area is 157 Å². The van der Waals surface area contributed by atoms with E-state index in [2.05, 4.69) is 0 Å². The van der Waals surface area contributed by atoms with Crippen LogP contribution in [-0.2, 0) is 27.4 Å². The number of alkyl halides is 3. The summed E-state index contributed by atoms with van der Waals surface area (Å²) >= 11 is 0. The predicted octanol–water partition coefficient (Wildman–Crippen LogP) is 3.92. The average Bonchev–Trinajstić information content (AvgIpc) is 3.20. The summed E-state index contributed by atoms with van der Waals surface area (Å²) in [5.41, 5.74) is -0.637. The number of hydrogen-bond donors (Lipinski definition) is 1. The number of halogens is 3. The fourth-order valence-corrected chi connectivity index (χ4v) is 3.33. The molecule has 2 aromatic heterocycles. The highest BCUT2D eigenvalue weighted by molar-refractivity contribution is 7.90. The van der Waals surface area contributed by atoms with Crippen molar-refractivity contribution in [2.24, 2.45) is 0 Å². The van der Waals surface area contributed by atoms with E-state index in [0.717, 1.165) is 16.9 Å². The first-order valence-corrected chi connectivity index (χ1v) is 9.74. The molecule has 3 rings (SSSR count). The van der Waals surface area contributed by atoms with Gasteiger partial charge in [0.15, 0.2) is 15.6 Å². The van der Waals surface area contributed by atoms with E-state index in [1.807, 2.05) is 0 Å². The standard InChI is InChI=1S/C18H14F3NO5S/c1-28(25,26)13-4-2-3-11(7-13)15-5-6-16(27-15)14-8-12(18(19,20)21)9-22(14)10-17(23)24/h2-9H,10H2,1H3,(H,23,24). The van der Waals surface area contributed by atoms with Crippen LogP contribution in [0.2, 0.25) is 0 Å². The van der Waals surface area contributed by atoms with Crippen LogP contribution in [0.25, 0.3) is 22.8 Å². The number of carboxylic acid groups (broad SMARTS) is 1. The zero-order chi connectivity index (χ0) is 20.7. The highest BCUT2D eigenvalue weighted by Gasteiger charge is 2.33. The normalized spacial score (nSPS) is 12.3. The molecule has 1 N–H and O–H groups in total. The van der Waals surface area contributed by atoms with Gasteiger partial charge in [0.05, 0.1) is 16.2 Å². The zero-order valence-electron chi connectivity index (χ0n) is 14.4. The topological polar surface area (TPSA) is 89.5 Å². The van der Waals surface area contributed by atoms with Crippen molar-refractivity contribution in [2.45, 2.75) is 17.6 Å². The van der Waals surface area contributed by atoms with Crippen LogP contribution >= 0.6 is 0 Å². The highest BCUT2D eigenvalue weighted by atomic mass is 32.2. The van der Waals surface area contributed by atoms with Crippen molar-refractivity contribution in [3.8, 4) is 22.8 Å². The van der Waals surface area contributed by atoms with Crippen LogP contribution < -0.4 is 0 Å². The van der Waals surface area contributed by atoms with Crippen molar-refractivity contribution >= 4 is 15.8 Å². The van der Waals surface area contributed by atoms with Crippen molar-refractivity contribution in [1.29, 1.82) is 0 Å². The minimum atomic E-state index is -4.64. The maximum atomic E-state index is 13.0. The van der Waals surface area contributed by atoms with E-state index in [-0.39, 0.29) is 22.1 Å². The van der Waals surface area contributed by atoms with Gasteiger partial charge in [-0.2, -0.15) is 13.2 Å². The van der Waals surface area contributed by atoms with Gasteiger partial charge in [-0.3, -0.25) is 4.79 Å². The summed E-state index contributed by atoms with van der Waals surface area (Å²) < 4.78 is 68.9. The Bertz CT molecular complexity index is 1140. The lowest BCUT2D eigenvalue weighted by atomic mass is 10.2. The zero-order valence-corrected chi connectivity index (χ0v) is 15.2. The lowest BCUT2D eigenvalue weighted by Crippen LogP contribution is -2.09. The Balaban J connectivity index is 2.05. The second kappa shape index (κ2) is 6.86. The molecule has 0 aliphatic heterocycles. The first-order valence-electron chi connectivity index (χ1n) is 7.85. The van der Waals surface area contributed by atoms with Gasteiger partial charge in [-0.25, -0.2) is 8.42 Å². The number of nitrogens with zero attached hydrogens (tertiary/aromatic N) is 1. The molecule has 0 atom stereocenters. The Morgan fingerprint density at radius 2 is 1.82 bits per heavy atom. The van der Waals surface area contributed by atoms with E-state index < -0.39 is 34.1 Å². The molecule has 0 fully saturated rings. The van der Waals surface area contributed by atoms with Gasteiger partial charge in [-0.05, 0) is 30.3 Å². The number of carbonyl (C=O) groups is 1.